The SMILES string of the molecule is Cc1oc2cc(OC(=O)[C@H](N)Cc3ccccc3)ccc2c(=O)c1Oc1ccccc1. The minimum atomic E-state index is -0.812. The van der Waals surface area contributed by atoms with Gasteiger partial charge in [-0.15, -0.1) is 0 Å². The Kier molecular flexibility index (Phi) is 5.82. The summed E-state index contributed by atoms with van der Waals surface area (Å²) in [6.07, 6.45) is 0.363. The molecule has 156 valence electrons. The predicted octanol–water partition coefficient (Wildman–Crippen LogP) is 4.37. The van der Waals surface area contributed by atoms with Gasteiger partial charge in [0, 0.05) is 6.07 Å². The summed E-state index contributed by atoms with van der Waals surface area (Å²) in [6, 6.07) is 22.2. The van der Waals surface area contributed by atoms with Crippen LogP contribution in [0, 0.1) is 6.92 Å². The Bertz CT molecular complexity index is 1270. The standard InChI is InChI=1S/C25H21NO5/c1-16-24(30-18-10-6-3-7-11-18)23(27)20-13-12-19(15-22(20)29-16)31-25(28)21(26)14-17-8-4-2-5-9-17/h2-13,15,21H,14,26H2,1H3/t21-/m1/s1. The summed E-state index contributed by atoms with van der Waals surface area (Å²) >= 11 is 0. The largest absolute Gasteiger partial charge is 0.457 e. The van der Waals surface area contributed by atoms with E-state index < -0.39 is 12.0 Å². The van der Waals surface area contributed by atoms with Crippen LogP contribution >= 0.6 is 0 Å². The molecule has 0 spiro atoms. The third kappa shape index (κ3) is 4.65. The lowest BCUT2D eigenvalue weighted by atomic mass is 10.1. The molecule has 0 unspecified atom stereocenters. The van der Waals surface area contributed by atoms with E-state index in [9.17, 15) is 9.59 Å². The molecule has 6 heteroatoms. The second-order valence-corrected chi connectivity index (χ2v) is 7.11. The molecule has 1 atom stereocenters. The Labute approximate surface area is 178 Å². The number of hydrogen-bond acceptors (Lipinski definition) is 6. The molecule has 0 bridgehead atoms. The van der Waals surface area contributed by atoms with Gasteiger partial charge < -0.3 is 19.6 Å². The second kappa shape index (κ2) is 8.85. The van der Waals surface area contributed by atoms with Gasteiger partial charge in [-0.3, -0.25) is 4.79 Å². The van der Waals surface area contributed by atoms with Crippen molar-refractivity contribution in [3.8, 4) is 17.2 Å². The zero-order chi connectivity index (χ0) is 21.8. The zero-order valence-corrected chi connectivity index (χ0v) is 16.9. The van der Waals surface area contributed by atoms with Crippen LogP contribution in [0.4, 0.5) is 0 Å². The number of carbonyl (C=O) groups is 1. The summed E-state index contributed by atoms with van der Waals surface area (Å²) in [5, 5.41) is 0.324. The van der Waals surface area contributed by atoms with Crippen LogP contribution in [0.2, 0.25) is 0 Å². The highest BCUT2D eigenvalue weighted by molar-refractivity contribution is 5.82. The van der Waals surface area contributed by atoms with E-state index in [-0.39, 0.29) is 16.9 Å². The molecule has 1 heterocycles. The number of benzene rings is 3. The lowest BCUT2D eigenvalue weighted by Gasteiger charge is -2.12. The Morgan fingerprint density at radius 2 is 1.65 bits per heavy atom. The molecule has 6 nitrogen and oxygen atoms in total. The highest BCUT2D eigenvalue weighted by Gasteiger charge is 2.18. The maximum Gasteiger partial charge on any atom is 0.328 e. The third-order valence-corrected chi connectivity index (χ3v) is 4.77. The van der Waals surface area contributed by atoms with Crippen LogP contribution in [0.1, 0.15) is 11.3 Å². The van der Waals surface area contributed by atoms with Gasteiger partial charge in [0.25, 0.3) is 0 Å². The fraction of sp³-hybridized carbons (Fsp3) is 0.120. The number of fused-ring (bicyclic) bond motifs is 1. The summed E-state index contributed by atoms with van der Waals surface area (Å²) in [6.45, 7) is 1.65. The fourth-order valence-electron chi connectivity index (χ4n) is 3.20. The Balaban J connectivity index is 1.55. The number of hydrogen-bond donors (Lipinski definition) is 1. The lowest BCUT2D eigenvalue weighted by Crippen LogP contribution is -2.36. The summed E-state index contributed by atoms with van der Waals surface area (Å²) in [4.78, 5) is 25.3. The van der Waals surface area contributed by atoms with Gasteiger partial charge in [-0.1, -0.05) is 48.5 Å². The number of aryl methyl sites for hydroxylation is 1. The Morgan fingerprint density at radius 3 is 2.35 bits per heavy atom. The molecule has 2 N–H and O–H groups in total. The van der Waals surface area contributed by atoms with Crippen LogP contribution in [0.15, 0.2) is 88.1 Å². The number of carbonyl (C=O) groups excluding carboxylic acids is 1. The predicted molar refractivity (Wildman–Crippen MR) is 117 cm³/mol. The number of para-hydroxylation sites is 1. The highest BCUT2D eigenvalue weighted by Crippen LogP contribution is 2.27. The highest BCUT2D eigenvalue weighted by atomic mass is 16.5. The van der Waals surface area contributed by atoms with Crippen molar-refractivity contribution in [3.63, 3.8) is 0 Å². The molecule has 31 heavy (non-hydrogen) atoms. The smallest absolute Gasteiger partial charge is 0.328 e. The van der Waals surface area contributed by atoms with Gasteiger partial charge in [0.2, 0.25) is 11.2 Å². The van der Waals surface area contributed by atoms with Crippen molar-refractivity contribution in [2.75, 3.05) is 0 Å². The molecule has 4 aromatic rings. The number of nitrogens with two attached hydrogens (primary N) is 1. The molecular formula is C25H21NO5. The molecule has 0 aliphatic carbocycles. The molecule has 0 radical (unpaired) electrons. The van der Waals surface area contributed by atoms with Gasteiger partial charge in [-0.2, -0.15) is 0 Å². The van der Waals surface area contributed by atoms with Crippen LogP contribution in [0.5, 0.6) is 17.2 Å². The topological polar surface area (TPSA) is 91.8 Å². The Hall–Kier alpha value is -3.90. The van der Waals surface area contributed by atoms with E-state index in [2.05, 4.69) is 0 Å². The number of esters is 1. The molecule has 0 aliphatic heterocycles. The molecule has 0 aliphatic rings. The maximum absolute atomic E-state index is 12.9. The van der Waals surface area contributed by atoms with Crippen LogP contribution in [-0.2, 0) is 11.2 Å². The van der Waals surface area contributed by atoms with Crippen molar-refractivity contribution in [2.24, 2.45) is 5.73 Å². The van der Waals surface area contributed by atoms with Crippen molar-refractivity contribution < 1.29 is 18.7 Å². The van der Waals surface area contributed by atoms with Crippen molar-refractivity contribution in [3.05, 3.63) is 100 Å². The molecule has 0 saturated heterocycles. The maximum atomic E-state index is 12.9. The Morgan fingerprint density at radius 1 is 0.968 bits per heavy atom. The van der Waals surface area contributed by atoms with Crippen molar-refractivity contribution >= 4 is 16.9 Å². The summed E-state index contributed by atoms with van der Waals surface area (Å²) in [5.41, 5.74) is 6.92. The van der Waals surface area contributed by atoms with Crippen LogP contribution in [0.25, 0.3) is 11.0 Å². The first-order valence-electron chi connectivity index (χ1n) is 9.83. The van der Waals surface area contributed by atoms with Gasteiger partial charge in [-0.05, 0) is 43.2 Å². The van der Waals surface area contributed by atoms with Crippen molar-refractivity contribution in [1.29, 1.82) is 0 Å². The summed E-state index contributed by atoms with van der Waals surface area (Å²) < 4.78 is 16.9. The van der Waals surface area contributed by atoms with E-state index in [1.165, 1.54) is 12.1 Å². The van der Waals surface area contributed by atoms with Gasteiger partial charge in [0.1, 0.15) is 28.9 Å². The normalized spacial score (nSPS) is 11.8. The zero-order valence-electron chi connectivity index (χ0n) is 16.9. The minimum absolute atomic E-state index is 0.119. The van der Waals surface area contributed by atoms with Crippen molar-refractivity contribution in [2.45, 2.75) is 19.4 Å². The average Bonchev–Trinajstić information content (AvgIpc) is 2.78. The van der Waals surface area contributed by atoms with Gasteiger partial charge in [0.05, 0.1) is 5.39 Å². The average molecular weight is 415 g/mol. The molecule has 3 aromatic carbocycles. The first-order chi connectivity index (χ1) is 15.0. The van der Waals surface area contributed by atoms with Crippen LogP contribution in [-0.4, -0.2) is 12.0 Å². The van der Waals surface area contributed by atoms with E-state index in [1.807, 2.05) is 48.5 Å². The van der Waals surface area contributed by atoms with E-state index >= 15 is 0 Å². The first-order valence-corrected chi connectivity index (χ1v) is 9.83. The number of ether oxygens (including phenoxy) is 2. The first kappa shape index (κ1) is 20.4. The lowest BCUT2D eigenvalue weighted by molar-refractivity contribution is -0.135. The van der Waals surface area contributed by atoms with E-state index in [0.29, 0.717) is 28.9 Å². The molecule has 0 amide bonds. The van der Waals surface area contributed by atoms with E-state index in [1.54, 1.807) is 25.1 Å². The molecule has 0 saturated carbocycles. The van der Waals surface area contributed by atoms with Crippen LogP contribution in [0.3, 0.4) is 0 Å². The third-order valence-electron chi connectivity index (χ3n) is 4.77. The van der Waals surface area contributed by atoms with Gasteiger partial charge >= 0.3 is 5.97 Å². The molecule has 4 rings (SSSR count). The number of rotatable bonds is 6. The van der Waals surface area contributed by atoms with E-state index in [4.69, 9.17) is 19.6 Å². The quantitative estimate of drug-likeness (QED) is 0.371. The summed E-state index contributed by atoms with van der Waals surface area (Å²) in [5.74, 6) is 0.667. The summed E-state index contributed by atoms with van der Waals surface area (Å²) in [7, 11) is 0. The molecule has 1 aromatic heterocycles. The second-order valence-electron chi connectivity index (χ2n) is 7.11. The molecular weight excluding hydrogens is 394 g/mol. The monoisotopic (exact) mass is 415 g/mol. The molecule has 0 fully saturated rings. The fourth-order valence-corrected chi connectivity index (χ4v) is 3.20. The van der Waals surface area contributed by atoms with Gasteiger partial charge in [-0.25, -0.2) is 4.79 Å². The minimum Gasteiger partial charge on any atom is -0.457 e. The van der Waals surface area contributed by atoms with Crippen molar-refractivity contribution in [1.82, 2.24) is 0 Å². The van der Waals surface area contributed by atoms with E-state index in [0.717, 1.165) is 5.56 Å². The van der Waals surface area contributed by atoms with Gasteiger partial charge in [0.15, 0.2) is 0 Å². The van der Waals surface area contributed by atoms with Crippen LogP contribution < -0.4 is 20.6 Å².